The number of carbonyl (C=O) groups is 2. The monoisotopic (exact) mass is 345 g/mol. The van der Waals surface area contributed by atoms with Crippen molar-refractivity contribution in [3.05, 3.63) is 59.4 Å². The van der Waals surface area contributed by atoms with Gasteiger partial charge in [0.1, 0.15) is 6.07 Å². The van der Waals surface area contributed by atoms with Crippen molar-refractivity contribution in [2.24, 2.45) is 16.7 Å². The predicted molar refractivity (Wildman–Crippen MR) is 95.7 cm³/mol. The molecule has 0 N–H and O–H groups in total. The third kappa shape index (κ3) is 1.99. The number of aromatic nitrogens is 2. The number of para-hydroxylation sites is 1. The number of benzene rings is 1. The maximum atomic E-state index is 13.4. The van der Waals surface area contributed by atoms with E-state index in [1.54, 1.807) is 17.0 Å². The molecule has 0 fully saturated rings. The molecule has 2 aromatic rings. The van der Waals surface area contributed by atoms with Crippen LogP contribution in [0.4, 0.5) is 0 Å². The van der Waals surface area contributed by atoms with Crippen LogP contribution in [0.25, 0.3) is 5.69 Å². The predicted octanol–water partition coefficient (Wildman–Crippen LogP) is 3.29. The lowest BCUT2D eigenvalue weighted by atomic mass is 9.52. The SMILES string of the molecule is CC1(C)C(=O)C(C#N)=CC2(C)C(=O)c3cnn(-c4ccccc4)c3CC12. The van der Waals surface area contributed by atoms with Crippen molar-refractivity contribution in [1.82, 2.24) is 9.78 Å². The van der Waals surface area contributed by atoms with Gasteiger partial charge in [-0.25, -0.2) is 4.68 Å². The fourth-order valence-electron chi connectivity index (χ4n) is 4.53. The molecule has 1 aromatic carbocycles. The van der Waals surface area contributed by atoms with E-state index in [0.717, 1.165) is 11.4 Å². The van der Waals surface area contributed by atoms with Crippen molar-refractivity contribution in [2.75, 3.05) is 0 Å². The molecule has 0 amide bonds. The summed E-state index contributed by atoms with van der Waals surface area (Å²) in [4.78, 5) is 26.1. The van der Waals surface area contributed by atoms with Gasteiger partial charge in [0.25, 0.3) is 0 Å². The molecular formula is C21H19N3O2. The molecule has 0 bridgehead atoms. The van der Waals surface area contributed by atoms with Gasteiger partial charge in [-0.2, -0.15) is 10.4 Å². The number of rotatable bonds is 1. The first-order valence-electron chi connectivity index (χ1n) is 8.65. The molecule has 5 heteroatoms. The smallest absolute Gasteiger partial charge is 0.178 e. The second kappa shape index (κ2) is 5.25. The molecule has 1 heterocycles. The zero-order valence-corrected chi connectivity index (χ0v) is 15.0. The van der Waals surface area contributed by atoms with Gasteiger partial charge in [-0.3, -0.25) is 9.59 Å². The van der Waals surface area contributed by atoms with E-state index >= 15 is 0 Å². The Labute approximate surface area is 151 Å². The largest absolute Gasteiger partial charge is 0.293 e. The molecule has 0 saturated heterocycles. The molecule has 130 valence electrons. The molecule has 2 atom stereocenters. The number of nitriles is 1. The van der Waals surface area contributed by atoms with E-state index in [-0.39, 0.29) is 23.1 Å². The van der Waals surface area contributed by atoms with Gasteiger partial charge in [0.2, 0.25) is 0 Å². The summed E-state index contributed by atoms with van der Waals surface area (Å²) < 4.78 is 1.79. The van der Waals surface area contributed by atoms with Crippen LogP contribution in [-0.2, 0) is 11.2 Å². The van der Waals surface area contributed by atoms with Crippen LogP contribution in [0.5, 0.6) is 0 Å². The maximum Gasteiger partial charge on any atom is 0.178 e. The van der Waals surface area contributed by atoms with E-state index in [4.69, 9.17) is 0 Å². The first-order chi connectivity index (χ1) is 12.3. The summed E-state index contributed by atoms with van der Waals surface area (Å²) in [5.74, 6) is -0.484. The Bertz CT molecular complexity index is 1010. The van der Waals surface area contributed by atoms with E-state index in [0.29, 0.717) is 12.0 Å². The van der Waals surface area contributed by atoms with E-state index in [2.05, 4.69) is 5.10 Å². The highest BCUT2D eigenvalue weighted by molar-refractivity contribution is 6.10. The molecule has 2 unspecified atom stereocenters. The van der Waals surface area contributed by atoms with Crippen molar-refractivity contribution in [1.29, 1.82) is 5.26 Å². The van der Waals surface area contributed by atoms with Crippen LogP contribution in [0, 0.1) is 28.1 Å². The number of hydrogen-bond acceptors (Lipinski definition) is 4. The number of allylic oxidation sites excluding steroid dienone is 2. The Morgan fingerprint density at radius 2 is 1.85 bits per heavy atom. The highest BCUT2D eigenvalue weighted by Crippen LogP contribution is 2.53. The number of Topliss-reactive ketones (excluding diaryl/α,β-unsaturated/α-hetero) is 2. The number of hydrogen-bond donors (Lipinski definition) is 0. The summed E-state index contributed by atoms with van der Waals surface area (Å²) in [5.41, 5.74) is 0.706. The Morgan fingerprint density at radius 3 is 2.50 bits per heavy atom. The van der Waals surface area contributed by atoms with Crippen LogP contribution in [0.2, 0.25) is 0 Å². The van der Waals surface area contributed by atoms with Crippen molar-refractivity contribution in [2.45, 2.75) is 27.2 Å². The number of fused-ring (bicyclic) bond motifs is 2. The van der Waals surface area contributed by atoms with Crippen LogP contribution in [0.3, 0.4) is 0 Å². The van der Waals surface area contributed by atoms with Gasteiger partial charge in [0, 0.05) is 5.41 Å². The van der Waals surface area contributed by atoms with Crippen molar-refractivity contribution >= 4 is 11.6 Å². The minimum absolute atomic E-state index is 0.0701. The minimum atomic E-state index is -0.875. The Morgan fingerprint density at radius 1 is 1.15 bits per heavy atom. The third-order valence-corrected chi connectivity index (χ3v) is 5.99. The van der Waals surface area contributed by atoms with Crippen LogP contribution >= 0.6 is 0 Å². The molecule has 2 aliphatic rings. The molecular weight excluding hydrogens is 326 g/mol. The summed E-state index contributed by atoms with van der Waals surface area (Å²) in [7, 11) is 0. The maximum absolute atomic E-state index is 13.4. The third-order valence-electron chi connectivity index (χ3n) is 5.99. The number of ketones is 2. The van der Waals surface area contributed by atoms with Gasteiger partial charge in [0.05, 0.1) is 34.1 Å². The Kier molecular flexibility index (Phi) is 3.32. The molecule has 1 aromatic heterocycles. The van der Waals surface area contributed by atoms with E-state index in [9.17, 15) is 14.9 Å². The standard InChI is InChI=1S/C21H19N3O2/c1-20(2)17-9-16-15(12-23-24(16)14-7-5-4-6-8-14)19(26)21(17,3)10-13(11-22)18(20)25/h4-8,10,12,17H,9H2,1-3H3. The normalized spacial score (nSPS) is 26.5. The Hall–Kier alpha value is -3.00. The molecule has 0 aliphatic heterocycles. The molecule has 0 saturated carbocycles. The van der Waals surface area contributed by atoms with Crippen molar-refractivity contribution in [3.8, 4) is 11.8 Å². The molecule has 0 spiro atoms. The van der Waals surface area contributed by atoms with Gasteiger partial charge >= 0.3 is 0 Å². The zero-order valence-electron chi connectivity index (χ0n) is 15.0. The quantitative estimate of drug-likeness (QED) is 0.795. The van der Waals surface area contributed by atoms with Crippen LogP contribution < -0.4 is 0 Å². The van der Waals surface area contributed by atoms with E-state index in [1.807, 2.05) is 57.2 Å². The summed E-state index contributed by atoms with van der Waals surface area (Å²) in [5, 5.41) is 13.8. The highest BCUT2D eigenvalue weighted by atomic mass is 16.1. The minimum Gasteiger partial charge on any atom is -0.293 e. The van der Waals surface area contributed by atoms with Gasteiger partial charge in [-0.05, 0) is 37.5 Å². The molecule has 0 radical (unpaired) electrons. The van der Waals surface area contributed by atoms with Gasteiger partial charge in [0.15, 0.2) is 11.6 Å². The van der Waals surface area contributed by atoms with Gasteiger partial charge in [-0.15, -0.1) is 0 Å². The number of nitrogens with zero attached hydrogens (tertiary/aromatic N) is 3. The fraction of sp³-hybridized carbons (Fsp3) is 0.333. The lowest BCUT2D eigenvalue weighted by molar-refractivity contribution is -0.128. The van der Waals surface area contributed by atoms with Crippen molar-refractivity contribution in [3.63, 3.8) is 0 Å². The summed E-state index contributed by atoms with van der Waals surface area (Å²) in [6.45, 7) is 5.52. The molecule has 5 nitrogen and oxygen atoms in total. The molecule has 26 heavy (non-hydrogen) atoms. The fourth-order valence-corrected chi connectivity index (χ4v) is 4.53. The first kappa shape index (κ1) is 16.5. The van der Waals surface area contributed by atoms with Gasteiger partial charge in [-0.1, -0.05) is 32.0 Å². The second-order valence-electron chi connectivity index (χ2n) is 7.84. The topological polar surface area (TPSA) is 75.8 Å². The average Bonchev–Trinajstić information content (AvgIpc) is 3.06. The summed E-state index contributed by atoms with van der Waals surface area (Å²) in [6, 6.07) is 11.6. The molecule has 2 aliphatic carbocycles. The summed E-state index contributed by atoms with van der Waals surface area (Å²) in [6.07, 6.45) is 3.74. The second-order valence-corrected chi connectivity index (χ2v) is 7.84. The highest BCUT2D eigenvalue weighted by Gasteiger charge is 2.57. The van der Waals surface area contributed by atoms with Crippen LogP contribution in [-0.4, -0.2) is 21.3 Å². The number of carbonyl (C=O) groups excluding carboxylic acids is 2. The first-order valence-corrected chi connectivity index (χ1v) is 8.65. The lowest BCUT2D eigenvalue weighted by Gasteiger charge is -2.48. The van der Waals surface area contributed by atoms with E-state index in [1.165, 1.54) is 0 Å². The zero-order chi connectivity index (χ0) is 18.7. The van der Waals surface area contributed by atoms with Crippen molar-refractivity contribution < 1.29 is 9.59 Å². The van der Waals surface area contributed by atoms with Crippen LogP contribution in [0.1, 0.15) is 36.8 Å². The van der Waals surface area contributed by atoms with Gasteiger partial charge < -0.3 is 0 Å². The molecule has 4 rings (SSSR count). The lowest BCUT2D eigenvalue weighted by Crippen LogP contribution is -2.53. The van der Waals surface area contributed by atoms with E-state index < -0.39 is 10.8 Å². The average molecular weight is 345 g/mol. The summed E-state index contributed by atoms with van der Waals surface area (Å²) >= 11 is 0. The Balaban J connectivity index is 1.92. The van der Waals surface area contributed by atoms with Crippen LogP contribution in [0.15, 0.2) is 48.2 Å².